The van der Waals surface area contributed by atoms with Crippen molar-refractivity contribution in [1.29, 1.82) is 0 Å². The lowest BCUT2D eigenvalue weighted by atomic mass is 10.1. The molecule has 0 bridgehead atoms. The summed E-state index contributed by atoms with van der Waals surface area (Å²) in [5.74, 6) is 0. The van der Waals surface area contributed by atoms with E-state index in [2.05, 4.69) is 24.0 Å². The molecule has 3 heteroatoms. The molecule has 0 fully saturated rings. The summed E-state index contributed by atoms with van der Waals surface area (Å²) in [7, 11) is -1.09. The van der Waals surface area contributed by atoms with E-state index < -0.39 is 10.8 Å². The SMILES string of the molecule is CCCCC[C@H](c1ccccc1)S(=O)c1ccccn1. The Balaban J connectivity index is 2.20. The standard InChI is InChI=1S/C17H21NOS/c1-2-3-5-12-16(15-10-6-4-7-11-15)20(19)17-13-8-9-14-18-17/h4,6-11,13-14,16H,2-3,5,12H2,1H3/t16-,20?/m1/s1. The van der Waals surface area contributed by atoms with Gasteiger partial charge in [-0.2, -0.15) is 0 Å². The largest absolute Gasteiger partial charge is 0.252 e. The molecule has 0 aliphatic heterocycles. The molecule has 0 N–H and O–H groups in total. The topological polar surface area (TPSA) is 30.0 Å². The lowest BCUT2D eigenvalue weighted by Crippen LogP contribution is -2.08. The van der Waals surface area contributed by atoms with E-state index in [-0.39, 0.29) is 5.25 Å². The van der Waals surface area contributed by atoms with Gasteiger partial charge in [0.05, 0.1) is 16.0 Å². The van der Waals surface area contributed by atoms with Crippen molar-refractivity contribution >= 4 is 10.8 Å². The maximum absolute atomic E-state index is 12.8. The zero-order valence-corrected chi connectivity index (χ0v) is 12.7. The van der Waals surface area contributed by atoms with Crippen molar-refractivity contribution in [2.75, 3.05) is 0 Å². The van der Waals surface area contributed by atoms with Gasteiger partial charge in [0.25, 0.3) is 0 Å². The highest BCUT2D eigenvalue weighted by Gasteiger charge is 2.20. The van der Waals surface area contributed by atoms with Gasteiger partial charge in [0.2, 0.25) is 0 Å². The number of hydrogen-bond acceptors (Lipinski definition) is 2. The Hall–Kier alpha value is -1.48. The molecule has 0 aliphatic carbocycles. The number of unbranched alkanes of at least 4 members (excludes halogenated alkanes) is 2. The van der Waals surface area contributed by atoms with Crippen LogP contribution in [0.25, 0.3) is 0 Å². The van der Waals surface area contributed by atoms with Gasteiger partial charge in [0.1, 0.15) is 5.03 Å². The second-order valence-corrected chi connectivity index (χ2v) is 6.44. The van der Waals surface area contributed by atoms with Crippen LogP contribution in [-0.2, 0) is 10.8 Å². The predicted octanol–water partition coefficient (Wildman–Crippen LogP) is 4.51. The van der Waals surface area contributed by atoms with E-state index in [4.69, 9.17) is 0 Å². The van der Waals surface area contributed by atoms with Gasteiger partial charge in [-0.15, -0.1) is 0 Å². The highest BCUT2D eigenvalue weighted by Crippen LogP contribution is 2.29. The van der Waals surface area contributed by atoms with E-state index >= 15 is 0 Å². The van der Waals surface area contributed by atoms with Crippen LogP contribution in [0.15, 0.2) is 59.8 Å². The third-order valence-electron chi connectivity index (χ3n) is 3.34. The van der Waals surface area contributed by atoms with Gasteiger partial charge in [0, 0.05) is 6.20 Å². The fourth-order valence-corrected chi connectivity index (χ4v) is 3.71. The monoisotopic (exact) mass is 287 g/mol. The molecule has 0 spiro atoms. The summed E-state index contributed by atoms with van der Waals surface area (Å²) < 4.78 is 12.8. The summed E-state index contributed by atoms with van der Waals surface area (Å²) in [6.07, 6.45) is 6.12. The second kappa shape index (κ2) is 7.95. The minimum Gasteiger partial charge on any atom is -0.252 e. The van der Waals surface area contributed by atoms with Gasteiger partial charge < -0.3 is 0 Å². The highest BCUT2D eigenvalue weighted by molar-refractivity contribution is 7.85. The Morgan fingerprint density at radius 3 is 2.45 bits per heavy atom. The van der Waals surface area contributed by atoms with Crippen molar-refractivity contribution < 1.29 is 4.21 Å². The van der Waals surface area contributed by atoms with Crippen molar-refractivity contribution in [3.8, 4) is 0 Å². The summed E-state index contributed by atoms with van der Waals surface area (Å²) in [5.41, 5.74) is 1.15. The van der Waals surface area contributed by atoms with E-state index in [1.165, 1.54) is 12.8 Å². The predicted molar refractivity (Wildman–Crippen MR) is 84.0 cm³/mol. The molecule has 2 aromatic rings. The Morgan fingerprint density at radius 1 is 1.05 bits per heavy atom. The van der Waals surface area contributed by atoms with Gasteiger partial charge in [-0.25, -0.2) is 4.98 Å². The zero-order chi connectivity index (χ0) is 14.2. The Morgan fingerprint density at radius 2 is 1.80 bits per heavy atom. The molecular weight excluding hydrogens is 266 g/mol. The first-order chi connectivity index (χ1) is 9.83. The number of hydrogen-bond donors (Lipinski definition) is 0. The van der Waals surface area contributed by atoms with Crippen molar-refractivity contribution in [1.82, 2.24) is 4.98 Å². The summed E-state index contributed by atoms with van der Waals surface area (Å²) in [4.78, 5) is 4.25. The molecule has 0 aliphatic rings. The Bertz CT molecular complexity index is 527. The average Bonchev–Trinajstić information content (AvgIpc) is 2.53. The highest BCUT2D eigenvalue weighted by atomic mass is 32.2. The van der Waals surface area contributed by atoms with Crippen molar-refractivity contribution in [2.45, 2.75) is 42.9 Å². The van der Waals surface area contributed by atoms with Gasteiger partial charge in [0.15, 0.2) is 0 Å². The molecule has 1 aromatic heterocycles. The van der Waals surface area contributed by atoms with Crippen LogP contribution in [0.3, 0.4) is 0 Å². The molecule has 0 saturated heterocycles. The molecule has 2 rings (SSSR count). The summed E-state index contributed by atoms with van der Waals surface area (Å²) in [6, 6.07) is 15.8. The first-order valence-electron chi connectivity index (χ1n) is 7.19. The van der Waals surface area contributed by atoms with Crippen LogP contribution in [0.1, 0.15) is 43.4 Å². The van der Waals surface area contributed by atoms with Crippen LogP contribution in [0, 0.1) is 0 Å². The second-order valence-electron chi connectivity index (χ2n) is 4.86. The zero-order valence-electron chi connectivity index (χ0n) is 11.9. The maximum atomic E-state index is 12.8. The van der Waals surface area contributed by atoms with Gasteiger partial charge in [-0.1, -0.05) is 62.6 Å². The summed E-state index contributed by atoms with van der Waals surface area (Å²) >= 11 is 0. The molecular formula is C17H21NOS. The molecule has 0 amide bonds. The first-order valence-corrected chi connectivity index (χ1v) is 8.40. The fourth-order valence-electron chi connectivity index (χ4n) is 2.26. The van der Waals surface area contributed by atoms with E-state index in [0.717, 1.165) is 18.4 Å². The third-order valence-corrected chi connectivity index (χ3v) is 5.02. The fraction of sp³-hybridized carbons (Fsp3) is 0.353. The van der Waals surface area contributed by atoms with Gasteiger partial charge in [-0.05, 0) is 24.1 Å². The minimum absolute atomic E-state index is 0.0395. The quantitative estimate of drug-likeness (QED) is 0.701. The molecule has 2 atom stereocenters. The van der Waals surface area contributed by atoms with Crippen LogP contribution < -0.4 is 0 Å². The summed E-state index contributed by atoms with van der Waals surface area (Å²) in [6.45, 7) is 2.19. The van der Waals surface area contributed by atoms with E-state index in [9.17, 15) is 4.21 Å². The normalized spacial score (nSPS) is 13.8. The Labute approximate surface area is 123 Å². The van der Waals surface area contributed by atoms with Crippen molar-refractivity contribution in [3.63, 3.8) is 0 Å². The molecule has 106 valence electrons. The first kappa shape index (κ1) is 14.9. The molecule has 0 radical (unpaired) electrons. The molecule has 1 aromatic carbocycles. The number of aromatic nitrogens is 1. The minimum atomic E-state index is -1.09. The van der Waals surface area contributed by atoms with Crippen molar-refractivity contribution in [2.24, 2.45) is 0 Å². The third kappa shape index (κ3) is 4.01. The van der Waals surface area contributed by atoms with Crippen LogP contribution in [0.4, 0.5) is 0 Å². The van der Waals surface area contributed by atoms with E-state index in [1.807, 2.05) is 36.4 Å². The Kier molecular flexibility index (Phi) is 5.93. The number of rotatable bonds is 7. The molecule has 0 saturated carbocycles. The molecule has 1 unspecified atom stereocenters. The lowest BCUT2D eigenvalue weighted by Gasteiger charge is -2.16. The van der Waals surface area contributed by atoms with Gasteiger partial charge in [-0.3, -0.25) is 4.21 Å². The van der Waals surface area contributed by atoms with E-state index in [1.54, 1.807) is 6.20 Å². The van der Waals surface area contributed by atoms with Crippen LogP contribution in [0.5, 0.6) is 0 Å². The van der Waals surface area contributed by atoms with Crippen LogP contribution in [0.2, 0.25) is 0 Å². The smallest absolute Gasteiger partial charge is 0.127 e. The lowest BCUT2D eigenvalue weighted by molar-refractivity contribution is 0.627. The van der Waals surface area contributed by atoms with Gasteiger partial charge >= 0.3 is 0 Å². The number of benzene rings is 1. The maximum Gasteiger partial charge on any atom is 0.127 e. The molecule has 20 heavy (non-hydrogen) atoms. The number of pyridine rings is 1. The summed E-state index contributed by atoms with van der Waals surface area (Å²) in [5, 5.41) is 0.718. The van der Waals surface area contributed by atoms with Crippen molar-refractivity contribution in [3.05, 3.63) is 60.3 Å². The molecule has 1 heterocycles. The van der Waals surface area contributed by atoms with Crippen LogP contribution in [-0.4, -0.2) is 9.19 Å². The number of nitrogens with zero attached hydrogens (tertiary/aromatic N) is 1. The molecule has 2 nitrogen and oxygen atoms in total. The van der Waals surface area contributed by atoms with Crippen LogP contribution >= 0.6 is 0 Å². The average molecular weight is 287 g/mol. The van der Waals surface area contributed by atoms with E-state index in [0.29, 0.717) is 5.03 Å².